The number of benzene rings is 2. The normalized spacial score (nSPS) is 10.6. The Morgan fingerprint density at radius 3 is 2.52 bits per heavy atom. The number of hydrogen-bond acceptors (Lipinski definition) is 4. The van der Waals surface area contributed by atoms with Crippen molar-refractivity contribution in [3.8, 4) is 0 Å². The van der Waals surface area contributed by atoms with Crippen molar-refractivity contribution in [1.82, 2.24) is 9.97 Å². The van der Waals surface area contributed by atoms with Gasteiger partial charge in [0, 0.05) is 29.6 Å². The van der Waals surface area contributed by atoms with Gasteiger partial charge in [0.05, 0.1) is 0 Å². The molecule has 2 aromatic carbocycles. The fourth-order valence-electron chi connectivity index (χ4n) is 2.62. The lowest BCUT2D eigenvalue weighted by molar-refractivity contribution is 0.613. The van der Waals surface area contributed by atoms with Crippen molar-refractivity contribution < 1.29 is 4.39 Å². The average molecular weight is 336 g/mol. The zero-order valence-electron chi connectivity index (χ0n) is 14.6. The maximum absolute atomic E-state index is 13.7. The molecule has 0 fully saturated rings. The van der Waals surface area contributed by atoms with Gasteiger partial charge < -0.3 is 10.6 Å². The smallest absolute Gasteiger partial charge is 0.229 e. The first-order chi connectivity index (χ1) is 12.0. The number of rotatable bonds is 5. The lowest BCUT2D eigenvalue weighted by atomic mass is 10.1. The molecule has 2 N–H and O–H groups in total. The van der Waals surface area contributed by atoms with Crippen LogP contribution in [0.3, 0.4) is 0 Å². The maximum atomic E-state index is 13.7. The molecule has 0 spiro atoms. The largest absolute Gasteiger partial charge is 0.366 e. The minimum Gasteiger partial charge on any atom is -0.366 e. The van der Waals surface area contributed by atoms with E-state index in [0.717, 1.165) is 16.9 Å². The zero-order chi connectivity index (χ0) is 17.8. The van der Waals surface area contributed by atoms with Gasteiger partial charge in [0.2, 0.25) is 5.95 Å². The van der Waals surface area contributed by atoms with Crippen molar-refractivity contribution >= 4 is 17.5 Å². The fourth-order valence-corrected chi connectivity index (χ4v) is 2.62. The van der Waals surface area contributed by atoms with Crippen LogP contribution in [0.4, 0.5) is 21.8 Å². The molecule has 0 saturated carbocycles. The van der Waals surface area contributed by atoms with E-state index in [2.05, 4.69) is 33.6 Å². The third-order valence-electron chi connectivity index (χ3n) is 3.90. The second-order valence-electron chi connectivity index (χ2n) is 6.11. The third-order valence-corrected chi connectivity index (χ3v) is 3.90. The summed E-state index contributed by atoms with van der Waals surface area (Å²) >= 11 is 0. The first kappa shape index (κ1) is 16.9. The Labute approximate surface area is 147 Å². The van der Waals surface area contributed by atoms with Gasteiger partial charge in [-0.15, -0.1) is 0 Å². The predicted octanol–water partition coefficient (Wildman–Crippen LogP) is 4.90. The number of anilines is 3. The molecule has 0 aliphatic heterocycles. The Balaban J connectivity index is 1.77. The minimum absolute atomic E-state index is 0.227. The molecule has 4 nitrogen and oxygen atoms in total. The highest BCUT2D eigenvalue weighted by atomic mass is 19.1. The summed E-state index contributed by atoms with van der Waals surface area (Å²) in [6.45, 7) is 6.38. The number of hydrogen-bond donors (Lipinski definition) is 2. The van der Waals surface area contributed by atoms with Gasteiger partial charge in [-0.05, 0) is 38.5 Å². The topological polar surface area (TPSA) is 49.8 Å². The van der Waals surface area contributed by atoms with Crippen molar-refractivity contribution in [2.45, 2.75) is 27.3 Å². The highest BCUT2D eigenvalue weighted by molar-refractivity contribution is 5.60. The molecule has 0 aliphatic carbocycles. The van der Waals surface area contributed by atoms with Crippen LogP contribution >= 0.6 is 0 Å². The van der Waals surface area contributed by atoms with Crippen molar-refractivity contribution in [3.63, 3.8) is 0 Å². The van der Waals surface area contributed by atoms with E-state index >= 15 is 0 Å². The molecular formula is C20H21FN4. The van der Waals surface area contributed by atoms with E-state index in [0.29, 0.717) is 23.9 Å². The summed E-state index contributed by atoms with van der Waals surface area (Å²) in [7, 11) is 0. The van der Waals surface area contributed by atoms with Crippen LogP contribution in [0.2, 0.25) is 0 Å². The molecule has 0 bridgehead atoms. The Hall–Kier alpha value is -2.95. The predicted molar refractivity (Wildman–Crippen MR) is 99.7 cm³/mol. The molecule has 0 saturated heterocycles. The summed E-state index contributed by atoms with van der Waals surface area (Å²) in [5, 5.41) is 6.42. The highest BCUT2D eigenvalue weighted by Crippen LogP contribution is 2.21. The maximum Gasteiger partial charge on any atom is 0.229 e. The van der Waals surface area contributed by atoms with E-state index in [1.165, 1.54) is 11.6 Å². The summed E-state index contributed by atoms with van der Waals surface area (Å²) in [5.41, 5.74) is 4.74. The molecule has 25 heavy (non-hydrogen) atoms. The van der Waals surface area contributed by atoms with E-state index < -0.39 is 0 Å². The van der Waals surface area contributed by atoms with Gasteiger partial charge in [-0.2, -0.15) is 4.98 Å². The molecule has 5 heteroatoms. The molecule has 0 amide bonds. The molecule has 3 aromatic rings. The van der Waals surface area contributed by atoms with Gasteiger partial charge in [0.25, 0.3) is 0 Å². The first-order valence-electron chi connectivity index (χ1n) is 8.18. The molecule has 0 unspecified atom stereocenters. The summed E-state index contributed by atoms with van der Waals surface area (Å²) < 4.78 is 13.7. The van der Waals surface area contributed by atoms with Crippen LogP contribution in [-0.2, 0) is 6.54 Å². The molecule has 128 valence electrons. The Morgan fingerprint density at radius 2 is 1.76 bits per heavy atom. The summed E-state index contributed by atoms with van der Waals surface area (Å²) in [5.74, 6) is 0.945. The Bertz CT molecular complexity index is 893. The van der Waals surface area contributed by atoms with Crippen LogP contribution in [0.5, 0.6) is 0 Å². The monoisotopic (exact) mass is 336 g/mol. The molecule has 1 heterocycles. The van der Waals surface area contributed by atoms with Gasteiger partial charge in [0.15, 0.2) is 0 Å². The van der Waals surface area contributed by atoms with Gasteiger partial charge in [-0.25, -0.2) is 9.37 Å². The van der Waals surface area contributed by atoms with E-state index in [1.807, 2.05) is 38.1 Å². The summed E-state index contributed by atoms with van der Waals surface area (Å²) in [6.07, 6.45) is 0. The average Bonchev–Trinajstić information content (AvgIpc) is 2.56. The van der Waals surface area contributed by atoms with Gasteiger partial charge in [0.1, 0.15) is 11.6 Å². The summed E-state index contributed by atoms with van der Waals surface area (Å²) in [6, 6.07) is 14.7. The second-order valence-corrected chi connectivity index (χ2v) is 6.11. The van der Waals surface area contributed by atoms with Crippen LogP contribution in [0, 0.1) is 26.6 Å². The van der Waals surface area contributed by atoms with E-state index in [-0.39, 0.29) is 5.82 Å². The Morgan fingerprint density at radius 1 is 0.960 bits per heavy atom. The first-order valence-corrected chi connectivity index (χ1v) is 8.18. The second kappa shape index (κ2) is 7.30. The van der Waals surface area contributed by atoms with Gasteiger partial charge in [-0.3, -0.25) is 0 Å². The standard InChI is InChI=1S/C20H21FN4/c1-13-8-9-18(14(2)10-13)24-20-23-15(3)11-19(25-20)22-12-16-6-4-5-7-17(16)21/h4-11H,12H2,1-3H3,(H2,22,23,24,25). The van der Waals surface area contributed by atoms with Crippen LogP contribution in [0.25, 0.3) is 0 Å². The molecule has 0 atom stereocenters. The number of halogens is 1. The molecular weight excluding hydrogens is 315 g/mol. The summed E-state index contributed by atoms with van der Waals surface area (Å²) in [4.78, 5) is 8.91. The number of nitrogens with one attached hydrogen (secondary N) is 2. The number of aromatic nitrogens is 2. The lowest BCUT2D eigenvalue weighted by Gasteiger charge is -2.12. The quantitative estimate of drug-likeness (QED) is 0.696. The highest BCUT2D eigenvalue weighted by Gasteiger charge is 2.06. The molecule has 3 rings (SSSR count). The Kier molecular flexibility index (Phi) is 4.93. The van der Waals surface area contributed by atoms with Gasteiger partial charge >= 0.3 is 0 Å². The third kappa shape index (κ3) is 4.32. The van der Waals surface area contributed by atoms with Crippen molar-refractivity contribution in [2.75, 3.05) is 10.6 Å². The fraction of sp³-hybridized carbons (Fsp3) is 0.200. The van der Waals surface area contributed by atoms with Crippen LogP contribution in [0.15, 0.2) is 48.5 Å². The number of nitrogens with zero attached hydrogens (tertiary/aromatic N) is 2. The zero-order valence-corrected chi connectivity index (χ0v) is 14.6. The van der Waals surface area contributed by atoms with Crippen LogP contribution in [-0.4, -0.2) is 9.97 Å². The van der Waals surface area contributed by atoms with Crippen molar-refractivity contribution in [1.29, 1.82) is 0 Å². The van der Waals surface area contributed by atoms with Crippen molar-refractivity contribution in [3.05, 3.63) is 76.7 Å². The SMILES string of the molecule is Cc1ccc(Nc2nc(C)cc(NCc3ccccc3F)n2)c(C)c1. The van der Waals surface area contributed by atoms with Crippen molar-refractivity contribution in [2.24, 2.45) is 0 Å². The lowest BCUT2D eigenvalue weighted by Crippen LogP contribution is -2.07. The molecule has 1 aromatic heterocycles. The molecule has 0 aliphatic rings. The van der Waals surface area contributed by atoms with Crippen LogP contribution in [0.1, 0.15) is 22.4 Å². The number of aryl methyl sites for hydroxylation is 3. The van der Waals surface area contributed by atoms with E-state index in [1.54, 1.807) is 12.1 Å². The molecule has 0 radical (unpaired) electrons. The van der Waals surface area contributed by atoms with E-state index in [9.17, 15) is 4.39 Å². The minimum atomic E-state index is -0.227. The van der Waals surface area contributed by atoms with Gasteiger partial charge in [-0.1, -0.05) is 35.9 Å². The van der Waals surface area contributed by atoms with E-state index in [4.69, 9.17) is 0 Å². The van der Waals surface area contributed by atoms with Crippen LogP contribution < -0.4 is 10.6 Å².